The number of aliphatic hydroxyl groups is 2. The molecule has 0 bridgehead atoms. The molecule has 2 saturated heterocycles. The Morgan fingerprint density at radius 2 is 1.67 bits per heavy atom. The Kier molecular flexibility index (Phi) is 9.92. The van der Waals surface area contributed by atoms with Crippen molar-refractivity contribution in [1.82, 2.24) is 29.8 Å². The van der Waals surface area contributed by atoms with Crippen LogP contribution in [0.5, 0.6) is 0 Å². The van der Waals surface area contributed by atoms with Crippen LogP contribution >= 0.6 is 0 Å². The van der Waals surface area contributed by atoms with E-state index in [1.54, 1.807) is 31.5 Å². The Labute approximate surface area is 314 Å². The number of hydrogen-bond acceptors (Lipinski definition) is 14. The molecule has 2 aliphatic rings. The molecule has 0 unspecified atom stereocenters. The molecule has 16 heteroatoms. The van der Waals surface area contributed by atoms with E-state index < -0.39 is 41.3 Å². The number of nitrogens with zero attached hydrogens (tertiary/aromatic N) is 6. The highest BCUT2D eigenvalue weighted by atomic mass is 16.6. The maximum Gasteiger partial charge on any atom is 0.253 e. The molecule has 2 aliphatic heterocycles. The van der Waals surface area contributed by atoms with Crippen LogP contribution in [-0.4, -0.2) is 91.2 Å². The van der Waals surface area contributed by atoms with Gasteiger partial charge in [0.05, 0.1) is 18.2 Å². The predicted molar refractivity (Wildman–Crippen MR) is 206 cm³/mol. The van der Waals surface area contributed by atoms with Crippen LogP contribution in [0.4, 0.5) is 28.8 Å². The molecule has 8 rings (SSSR count). The molecule has 2 fully saturated rings. The summed E-state index contributed by atoms with van der Waals surface area (Å²) < 4.78 is 7.47. The van der Waals surface area contributed by atoms with Gasteiger partial charge in [-0.1, -0.05) is 60.7 Å². The molecule has 3 aromatic carbocycles. The molecule has 0 spiro atoms. The van der Waals surface area contributed by atoms with E-state index in [1.165, 1.54) is 10.9 Å². The third kappa shape index (κ3) is 6.98. The average Bonchev–Trinajstić information content (AvgIpc) is 3.95. The van der Waals surface area contributed by atoms with Crippen LogP contribution in [0.3, 0.4) is 0 Å². The Morgan fingerprint density at radius 3 is 2.36 bits per heavy atom. The molecular formula is C39H40N10O6. The van der Waals surface area contributed by atoms with E-state index in [0.29, 0.717) is 61.2 Å². The van der Waals surface area contributed by atoms with Crippen molar-refractivity contribution in [2.45, 2.75) is 49.8 Å². The molecule has 3 aromatic heterocycles. The molecule has 5 atom stereocenters. The number of anilines is 5. The summed E-state index contributed by atoms with van der Waals surface area (Å²) in [6, 6.07) is 23.5. The first-order valence-electron chi connectivity index (χ1n) is 18.2. The minimum absolute atomic E-state index is 0.0447. The minimum atomic E-state index is -1.48. The van der Waals surface area contributed by atoms with Crippen molar-refractivity contribution in [3.8, 4) is 0 Å². The first kappa shape index (κ1) is 35.8. The number of carbonyl (C=O) groups is 1. The lowest BCUT2D eigenvalue weighted by molar-refractivity contribution is -0.137. The van der Waals surface area contributed by atoms with E-state index in [9.17, 15) is 24.6 Å². The summed E-state index contributed by atoms with van der Waals surface area (Å²) >= 11 is 0. The van der Waals surface area contributed by atoms with Gasteiger partial charge in [0.2, 0.25) is 5.95 Å². The fourth-order valence-corrected chi connectivity index (χ4v) is 7.23. The summed E-state index contributed by atoms with van der Waals surface area (Å²) in [5, 5.41) is 34.4. The second kappa shape index (κ2) is 15.3. The summed E-state index contributed by atoms with van der Waals surface area (Å²) in [6.45, 7) is 3.46. The fraction of sp³-hybridized carbons (Fsp3) is 0.308. The maximum atomic E-state index is 12.7. The zero-order valence-electron chi connectivity index (χ0n) is 29.9. The Morgan fingerprint density at radius 1 is 0.945 bits per heavy atom. The Balaban J connectivity index is 1.11. The maximum absolute atomic E-state index is 12.7. The van der Waals surface area contributed by atoms with Crippen molar-refractivity contribution in [2.75, 3.05) is 47.0 Å². The lowest BCUT2D eigenvalue weighted by Gasteiger charge is -2.22. The number of likely N-dealkylation sites (N-methyl/N-ethyl adjacent to an activating group) is 1. The van der Waals surface area contributed by atoms with Gasteiger partial charge in [-0.25, -0.2) is 4.98 Å². The topological polar surface area (TPSA) is 209 Å². The summed E-state index contributed by atoms with van der Waals surface area (Å²) in [5.74, 6) is 0.203. The standard InChI is InChI=1S/C39H40N10O6/c1-2-41-37(54)34-32(52)33(53)38(55-34)49-21-43-29-35(42-19-26(22-10-5-3-6-11-22)23-12-7-4-8-13-23)46-39(47-36(29)49)48-17-15-25(20-48)45-28-27(30(50)31(28)51)44-24-14-9-16-40-18-24/h3-14,16,18,21,25-26,32-34,38,44-45,52-53H,2,15,17,19-20H2,1H3,(H,41,54)(H,42,46,47)/t25-,32+,33-,34+,38-/m1/s1. The number of benzene rings is 2. The number of imidazole rings is 1. The molecule has 6 N–H and O–H groups in total. The van der Waals surface area contributed by atoms with E-state index in [1.807, 2.05) is 41.3 Å². The number of rotatable bonds is 13. The quantitative estimate of drug-likeness (QED) is 0.0939. The first-order chi connectivity index (χ1) is 26.8. The highest BCUT2D eigenvalue weighted by Crippen LogP contribution is 2.35. The number of aromatic nitrogens is 5. The SMILES string of the molecule is CCNC(=O)[C@H]1O[C@@H](n2cnc3c(NCC(c4ccccc4)c4ccccc4)nc(N4CC[C@@H](Nc5c(Nc6cccnc6)c(=O)c5=O)C4)nc32)[C@H](O)[C@@H]1O. The summed E-state index contributed by atoms with van der Waals surface area (Å²) in [5.41, 5.74) is 2.75. The van der Waals surface area contributed by atoms with Crippen molar-refractivity contribution in [3.63, 3.8) is 0 Å². The lowest BCUT2D eigenvalue weighted by Crippen LogP contribution is -2.42. The van der Waals surface area contributed by atoms with Gasteiger partial charge in [-0.15, -0.1) is 0 Å². The second-order valence-corrected chi connectivity index (χ2v) is 13.6. The van der Waals surface area contributed by atoms with Crippen LogP contribution in [0.2, 0.25) is 0 Å². The fourth-order valence-electron chi connectivity index (χ4n) is 7.23. The van der Waals surface area contributed by atoms with Crippen molar-refractivity contribution >= 4 is 45.9 Å². The molecule has 5 heterocycles. The normalized spacial score (nSPS) is 21.0. The van der Waals surface area contributed by atoms with Crippen molar-refractivity contribution in [2.24, 2.45) is 0 Å². The van der Waals surface area contributed by atoms with E-state index in [-0.39, 0.29) is 23.3 Å². The van der Waals surface area contributed by atoms with E-state index >= 15 is 0 Å². The molecule has 16 nitrogen and oxygen atoms in total. The number of hydrogen-bond donors (Lipinski definition) is 6. The lowest BCUT2D eigenvalue weighted by atomic mass is 9.91. The number of aliphatic hydroxyl groups excluding tert-OH is 2. The summed E-state index contributed by atoms with van der Waals surface area (Å²) in [6.07, 6.45) is -0.145. The monoisotopic (exact) mass is 744 g/mol. The third-order valence-electron chi connectivity index (χ3n) is 10.1. The van der Waals surface area contributed by atoms with Gasteiger partial charge in [-0.2, -0.15) is 9.97 Å². The van der Waals surface area contributed by atoms with Crippen LogP contribution < -0.4 is 37.0 Å². The Hall–Kier alpha value is -6.23. The molecule has 0 aliphatic carbocycles. The van der Waals surface area contributed by atoms with Gasteiger partial charge < -0.3 is 41.1 Å². The molecule has 282 valence electrons. The number of pyridine rings is 1. The van der Waals surface area contributed by atoms with Crippen LogP contribution in [-0.2, 0) is 9.53 Å². The van der Waals surface area contributed by atoms with Crippen molar-refractivity contribution in [1.29, 1.82) is 0 Å². The van der Waals surface area contributed by atoms with Gasteiger partial charge in [-0.05, 0) is 36.6 Å². The smallest absolute Gasteiger partial charge is 0.253 e. The molecule has 6 aromatic rings. The molecule has 0 saturated carbocycles. The van der Waals surface area contributed by atoms with E-state index in [0.717, 1.165) is 11.1 Å². The van der Waals surface area contributed by atoms with Gasteiger partial charge in [0.15, 0.2) is 29.3 Å². The number of fused-ring (bicyclic) bond motifs is 1. The number of ether oxygens (including phenoxy) is 1. The number of nitrogens with one attached hydrogen (secondary N) is 4. The predicted octanol–water partition coefficient (Wildman–Crippen LogP) is 2.25. The molecule has 55 heavy (non-hydrogen) atoms. The third-order valence-corrected chi connectivity index (χ3v) is 10.1. The highest BCUT2D eigenvalue weighted by Gasteiger charge is 2.48. The van der Waals surface area contributed by atoms with Gasteiger partial charge in [-0.3, -0.25) is 23.9 Å². The highest BCUT2D eigenvalue weighted by molar-refractivity contribution is 5.85. The van der Waals surface area contributed by atoms with Gasteiger partial charge >= 0.3 is 0 Å². The Bertz CT molecular complexity index is 2310. The van der Waals surface area contributed by atoms with Gasteiger partial charge in [0, 0.05) is 44.3 Å². The molecular weight excluding hydrogens is 704 g/mol. The van der Waals surface area contributed by atoms with Gasteiger partial charge in [0.1, 0.15) is 23.6 Å². The van der Waals surface area contributed by atoms with Crippen molar-refractivity contribution < 1.29 is 19.7 Å². The molecule has 0 radical (unpaired) electrons. The van der Waals surface area contributed by atoms with Crippen LogP contribution in [0, 0.1) is 0 Å². The van der Waals surface area contributed by atoms with Crippen LogP contribution in [0.15, 0.2) is 101 Å². The average molecular weight is 745 g/mol. The second-order valence-electron chi connectivity index (χ2n) is 13.6. The van der Waals surface area contributed by atoms with E-state index in [2.05, 4.69) is 55.5 Å². The van der Waals surface area contributed by atoms with Crippen molar-refractivity contribution in [3.05, 3.63) is 123 Å². The van der Waals surface area contributed by atoms with Gasteiger partial charge in [0.25, 0.3) is 16.8 Å². The first-order valence-corrected chi connectivity index (χ1v) is 18.2. The zero-order valence-corrected chi connectivity index (χ0v) is 29.9. The summed E-state index contributed by atoms with van der Waals surface area (Å²) in [7, 11) is 0. The zero-order chi connectivity index (χ0) is 38.1. The van der Waals surface area contributed by atoms with Crippen LogP contribution in [0.1, 0.15) is 36.6 Å². The van der Waals surface area contributed by atoms with E-state index in [4.69, 9.17) is 14.7 Å². The van der Waals surface area contributed by atoms with Crippen LogP contribution in [0.25, 0.3) is 11.2 Å². The minimum Gasteiger partial charge on any atom is -0.387 e. The number of carbonyl (C=O) groups excluding carboxylic acids is 1. The molecule has 1 amide bonds. The summed E-state index contributed by atoms with van der Waals surface area (Å²) in [4.78, 5) is 58.4. The largest absolute Gasteiger partial charge is 0.387 e. The number of amides is 1.